The number of carbonyl (C=O) groups excluding carboxylic acids is 6. The third kappa shape index (κ3) is 19.3. The summed E-state index contributed by atoms with van der Waals surface area (Å²) in [7, 11) is 0. The maximum absolute atomic E-state index is 12.6. The molecule has 1 aliphatic carbocycles. The zero-order valence-corrected chi connectivity index (χ0v) is 28.9. The van der Waals surface area contributed by atoms with E-state index in [1.807, 2.05) is 13.2 Å². The zero-order chi connectivity index (χ0) is 33.0. The highest BCUT2D eigenvalue weighted by molar-refractivity contribution is 8.14. The van der Waals surface area contributed by atoms with E-state index < -0.39 is 11.9 Å². The van der Waals surface area contributed by atoms with E-state index in [0.717, 1.165) is 36.4 Å². The molecule has 12 nitrogen and oxygen atoms in total. The largest absolute Gasteiger partial charge is 0.462 e. The van der Waals surface area contributed by atoms with Gasteiger partial charge in [0.2, 0.25) is 0 Å². The van der Waals surface area contributed by atoms with Gasteiger partial charge in [-0.3, -0.25) is 28.8 Å². The van der Waals surface area contributed by atoms with Crippen LogP contribution in [0.4, 0.5) is 9.59 Å². The van der Waals surface area contributed by atoms with Crippen molar-refractivity contribution in [1.82, 2.24) is 10.6 Å². The highest BCUT2D eigenvalue weighted by Crippen LogP contribution is 2.46. The second kappa shape index (κ2) is 21.6. The van der Waals surface area contributed by atoms with Gasteiger partial charge in [-0.1, -0.05) is 51.2 Å². The molecule has 0 aromatic heterocycles. The number of rotatable bonds is 19. The molecule has 15 heteroatoms. The molecule has 0 aliphatic heterocycles. The molecule has 2 atom stereocenters. The second-order valence-electron chi connectivity index (χ2n) is 11.6. The SMILES string of the molecule is CCCC(=O)OCCOC(=O)CCSC(=O)NCC1(C)CC(NC(=O)SCC(=O)OCCOC(=O)CCSC)CC(C)(C)C1. The average molecular weight is 681 g/mol. The number of hydrogen-bond donors (Lipinski definition) is 2. The Kier molecular flexibility index (Phi) is 19.6. The van der Waals surface area contributed by atoms with Gasteiger partial charge in [0, 0.05) is 30.5 Å². The summed E-state index contributed by atoms with van der Waals surface area (Å²) >= 11 is 3.36. The van der Waals surface area contributed by atoms with Gasteiger partial charge >= 0.3 is 23.9 Å². The molecule has 252 valence electrons. The summed E-state index contributed by atoms with van der Waals surface area (Å²) in [6.07, 6.45) is 5.50. The van der Waals surface area contributed by atoms with Crippen molar-refractivity contribution in [2.75, 3.05) is 56.5 Å². The Labute approximate surface area is 273 Å². The van der Waals surface area contributed by atoms with E-state index in [9.17, 15) is 28.8 Å². The number of ether oxygens (including phenoxy) is 4. The number of hydrogen-bond acceptors (Lipinski definition) is 13. The Hall–Kier alpha value is -2.13. The van der Waals surface area contributed by atoms with E-state index in [4.69, 9.17) is 18.9 Å². The molecule has 0 aromatic carbocycles. The van der Waals surface area contributed by atoms with Crippen LogP contribution in [0.3, 0.4) is 0 Å². The maximum atomic E-state index is 12.6. The monoisotopic (exact) mass is 680 g/mol. The van der Waals surface area contributed by atoms with E-state index in [-0.39, 0.29) is 83.6 Å². The summed E-state index contributed by atoms with van der Waals surface area (Å²) in [4.78, 5) is 71.6. The second-order valence-corrected chi connectivity index (χ2v) is 14.6. The van der Waals surface area contributed by atoms with Crippen LogP contribution in [0.5, 0.6) is 0 Å². The first-order valence-corrected chi connectivity index (χ1v) is 18.1. The third-order valence-corrected chi connectivity index (χ3v) is 8.66. The van der Waals surface area contributed by atoms with E-state index >= 15 is 0 Å². The summed E-state index contributed by atoms with van der Waals surface area (Å²) in [5.74, 6) is -0.949. The smallest absolute Gasteiger partial charge is 0.316 e. The molecule has 1 fully saturated rings. The summed E-state index contributed by atoms with van der Waals surface area (Å²) in [5, 5.41) is 5.36. The number of thioether (sulfide) groups is 3. The molecule has 2 amide bonds. The van der Waals surface area contributed by atoms with Crippen LogP contribution >= 0.6 is 35.3 Å². The lowest BCUT2D eigenvalue weighted by Gasteiger charge is -2.46. The summed E-state index contributed by atoms with van der Waals surface area (Å²) in [6, 6.07) is -0.138. The Balaban J connectivity index is 2.34. The molecule has 2 unspecified atom stereocenters. The van der Waals surface area contributed by atoms with Crippen LogP contribution in [-0.2, 0) is 38.1 Å². The quantitative estimate of drug-likeness (QED) is 0.111. The Morgan fingerprint density at radius 2 is 1.27 bits per heavy atom. The number of nitrogens with one attached hydrogen (secondary N) is 2. The van der Waals surface area contributed by atoms with Crippen molar-refractivity contribution in [2.45, 2.75) is 78.7 Å². The van der Waals surface area contributed by atoms with E-state index in [1.165, 1.54) is 11.8 Å². The van der Waals surface area contributed by atoms with Crippen LogP contribution in [-0.4, -0.2) is 96.9 Å². The fourth-order valence-corrected chi connectivity index (χ4v) is 6.62. The van der Waals surface area contributed by atoms with E-state index in [2.05, 4.69) is 31.4 Å². The minimum absolute atomic E-state index is 0.0124. The molecule has 0 spiro atoms. The Morgan fingerprint density at radius 1 is 0.727 bits per heavy atom. The van der Waals surface area contributed by atoms with E-state index in [0.29, 0.717) is 38.0 Å². The van der Waals surface area contributed by atoms with Gasteiger partial charge in [-0.15, -0.1) is 0 Å². The lowest BCUT2D eigenvalue weighted by Crippen LogP contribution is -2.49. The molecule has 44 heavy (non-hydrogen) atoms. The first-order chi connectivity index (χ1) is 20.8. The Morgan fingerprint density at radius 3 is 1.84 bits per heavy atom. The van der Waals surface area contributed by atoms with Crippen molar-refractivity contribution < 1.29 is 47.7 Å². The minimum atomic E-state index is -0.569. The highest BCUT2D eigenvalue weighted by atomic mass is 32.2. The lowest BCUT2D eigenvalue weighted by molar-refractivity contribution is -0.152. The zero-order valence-electron chi connectivity index (χ0n) is 26.5. The van der Waals surface area contributed by atoms with Crippen molar-refractivity contribution in [1.29, 1.82) is 0 Å². The van der Waals surface area contributed by atoms with Crippen molar-refractivity contribution in [3.8, 4) is 0 Å². The van der Waals surface area contributed by atoms with E-state index in [1.54, 1.807) is 0 Å². The van der Waals surface area contributed by atoms with Crippen LogP contribution in [0.15, 0.2) is 0 Å². The molecule has 0 aromatic rings. The summed E-state index contributed by atoms with van der Waals surface area (Å²) in [5.41, 5.74) is -0.366. The normalized spacial score (nSPS) is 18.9. The first kappa shape index (κ1) is 39.9. The summed E-state index contributed by atoms with van der Waals surface area (Å²) < 4.78 is 20.0. The van der Waals surface area contributed by atoms with Gasteiger partial charge in [-0.2, -0.15) is 11.8 Å². The van der Waals surface area contributed by atoms with Crippen LogP contribution in [0.2, 0.25) is 0 Å². The van der Waals surface area contributed by atoms with Crippen LogP contribution in [0, 0.1) is 10.8 Å². The highest BCUT2D eigenvalue weighted by Gasteiger charge is 2.42. The van der Waals surface area contributed by atoms with Crippen LogP contribution < -0.4 is 10.6 Å². The fraction of sp³-hybridized carbons (Fsp3) is 0.793. The van der Waals surface area contributed by atoms with Gasteiger partial charge in [0.15, 0.2) is 0 Å². The fourth-order valence-electron chi connectivity index (χ4n) is 5.04. The van der Waals surface area contributed by atoms with Crippen LogP contribution in [0.1, 0.15) is 72.6 Å². The average Bonchev–Trinajstić information content (AvgIpc) is 2.93. The van der Waals surface area contributed by atoms with Crippen molar-refractivity contribution >= 4 is 69.6 Å². The van der Waals surface area contributed by atoms with Crippen LogP contribution in [0.25, 0.3) is 0 Å². The van der Waals surface area contributed by atoms with Crippen molar-refractivity contribution in [3.05, 3.63) is 0 Å². The van der Waals surface area contributed by atoms with Gasteiger partial charge in [0.1, 0.15) is 32.2 Å². The predicted octanol–water partition coefficient (Wildman–Crippen LogP) is 4.57. The minimum Gasteiger partial charge on any atom is -0.462 e. The Bertz CT molecular complexity index is 966. The van der Waals surface area contributed by atoms with Gasteiger partial charge in [0.05, 0.1) is 12.8 Å². The van der Waals surface area contributed by atoms with Crippen molar-refractivity contribution in [3.63, 3.8) is 0 Å². The topological polar surface area (TPSA) is 163 Å². The molecule has 0 bridgehead atoms. The third-order valence-electron chi connectivity index (χ3n) is 6.47. The van der Waals surface area contributed by atoms with Gasteiger partial charge < -0.3 is 29.6 Å². The number of esters is 4. The molecule has 2 N–H and O–H groups in total. The standard InChI is InChI=1S/C29H48N2O10S3/c1-6-7-22(32)38-10-11-40-24(34)9-15-43-26(36)30-20-29(4)17-21(16-28(2,3)19-29)31-27(37)44-18-25(35)41-13-12-39-23(33)8-14-42-5/h21H,6-20H2,1-5H3,(H,30,36)(H,31,37). The van der Waals surface area contributed by atoms with Gasteiger partial charge in [-0.05, 0) is 42.8 Å². The first-order valence-electron chi connectivity index (χ1n) is 14.7. The molecule has 0 heterocycles. The molecule has 1 saturated carbocycles. The maximum Gasteiger partial charge on any atom is 0.316 e. The molecular formula is C29H48N2O10S3. The molecule has 1 rings (SSSR count). The molecule has 0 saturated heterocycles. The molecular weight excluding hydrogens is 633 g/mol. The molecule has 0 radical (unpaired) electrons. The predicted molar refractivity (Wildman–Crippen MR) is 173 cm³/mol. The van der Waals surface area contributed by atoms with Crippen molar-refractivity contribution in [2.24, 2.45) is 10.8 Å². The van der Waals surface area contributed by atoms with Gasteiger partial charge in [-0.25, -0.2) is 0 Å². The lowest BCUT2D eigenvalue weighted by atomic mass is 9.62. The number of amides is 2. The number of carbonyl (C=O) groups is 6. The summed E-state index contributed by atoms with van der Waals surface area (Å²) in [6.45, 7) is 8.50. The molecule has 1 aliphatic rings. The van der Waals surface area contributed by atoms with Gasteiger partial charge in [0.25, 0.3) is 10.5 Å².